The van der Waals surface area contributed by atoms with Crippen molar-refractivity contribution in [2.75, 3.05) is 4.90 Å². The molecule has 0 aromatic heterocycles. The molecule has 192 valence electrons. The van der Waals surface area contributed by atoms with E-state index in [-0.39, 0.29) is 21.9 Å². The summed E-state index contributed by atoms with van der Waals surface area (Å²) in [5.74, 6) is -0.405. The molecule has 2 saturated carbocycles. The van der Waals surface area contributed by atoms with Crippen molar-refractivity contribution in [1.29, 1.82) is 0 Å². The molecule has 3 aliphatic carbocycles. The van der Waals surface area contributed by atoms with Gasteiger partial charge in [0.25, 0.3) is 5.91 Å². The van der Waals surface area contributed by atoms with E-state index in [2.05, 4.69) is 9.44 Å². The third-order valence-electron chi connectivity index (χ3n) is 6.08. The molecule has 37 heavy (non-hydrogen) atoms. The van der Waals surface area contributed by atoms with Crippen molar-refractivity contribution in [3.8, 4) is 0 Å². The summed E-state index contributed by atoms with van der Waals surface area (Å²) < 4.78 is 55.7. The maximum atomic E-state index is 13.7. The summed E-state index contributed by atoms with van der Waals surface area (Å²) in [5, 5.41) is 0. The highest BCUT2D eigenvalue weighted by molar-refractivity contribution is 7.90. The summed E-state index contributed by atoms with van der Waals surface area (Å²) in [4.78, 5) is 16.4. The second-order valence-corrected chi connectivity index (χ2v) is 13.4. The molecule has 2 aromatic carbocycles. The Balaban J connectivity index is 1.48. The fourth-order valence-electron chi connectivity index (χ4n) is 3.78. The molecule has 3 aliphatic rings. The average Bonchev–Trinajstić information content (AvgIpc) is 3.79. The van der Waals surface area contributed by atoms with Gasteiger partial charge in [0.1, 0.15) is 0 Å². The molecule has 0 saturated heterocycles. The fourth-order valence-corrected chi connectivity index (χ4v) is 6.87. The Kier molecular flexibility index (Phi) is 6.98. The summed E-state index contributed by atoms with van der Waals surface area (Å²) in [5.41, 5.74) is 1.15. The van der Waals surface area contributed by atoms with Crippen LogP contribution in [0.5, 0.6) is 0 Å². The van der Waals surface area contributed by atoms with Crippen LogP contribution in [-0.2, 0) is 24.8 Å². The second kappa shape index (κ2) is 9.93. The Bertz CT molecular complexity index is 1560. The van der Waals surface area contributed by atoms with Gasteiger partial charge in [-0.2, -0.15) is 0 Å². The van der Waals surface area contributed by atoms with E-state index in [4.69, 9.17) is 24.4 Å². The first kappa shape index (κ1) is 26.0. The minimum Gasteiger partial charge on any atom is -0.277 e. The van der Waals surface area contributed by atoms with Crippen molar-refractivity contribution in [1.82, 2.24) is 9.44 Å². The quantitative estimate of drug-likeness (QED) is 0.442. The zero-order chi connectivity index (χ0) is 26.4. The number of nitrogens with one attached hydrogen (secondary N) is 2. The number of benzene rings is 2. The van der Waals surface area contributed by atoms with Crippen LogP contribution in [0.2, 0.25) is 0 Å². The molecule has 0 spiro atoms. The van der Waals surface area contributed by atoms with E-state index in [0.29, 0.717) is 39.5 Å². The van der Waals surface area contributed by atoms with Crippen molar-refractivity contribution in [3.63, 3.8) is 0 Å². The monoisotopic (exact) mass is 573 g/mol. The maximum absolute atomic E-state index is 13.7. The summed E-state index contributed by atoms with van der Waals surface area (Å²) in [6.45, 7) is 0. The zero-order valence-corrected chi connectivity index (χ0v) is 22.7. The van der Waals surface area contributed by atoms with Gasteiger partial charge in [0.2, 0.25) is 20.0 Å². The van der Waals surface area contributed by atoms with E-state index in [0.717, 1.165) is 12.8 Å². The molecule has 2 N–H and O–H groups in total. The minimum absolute atomic E-state index is 0.0326. The van der Waals surface area contributed by atoms with Crippen LogP contribution in [0.25, 0.3) is 0 Å². The Labute approximate surface area is 226 Å². The SMILES string of the molecule is O=C(C1=CC=CCC1=S)N(c1ccc(S(=O)(=O)NC2CC2)cc1)c1ccc(S(=O)(=O)NC2CC2=S)cc1. The predicted octanol–water partition coefficient (Wildman–Crippen LogP) is 3.47. The normalized spacial score (nSPS) is 19.5. The first-order chi connectivity index (χ1) is 17.5. The molecule has 0 aliphatic heterocycles. The van der Waals surface area contributed by atoms with Crippen molar-refractivity contribution >= 4 is 71.5 Å². The van der Waals surface area contributed by atoms with E-state index in [1.165, 1.54) is 41.3 Å². The van der Waals surface area contributed by atoms with Crippen LogP contribution < -0.4 is 14.3 Å². The van der Waals surface area contributed by atoms with Gasteiger partial charge < -0.3 is 0 Å². The van der Waals surface area contributed by atoms with Gasteiger partial charge in [-0.1, -0.05) is 36.6 Å². The molecule has 1 unspecified atom stereocenters. The van der Waals surface area contributed by atoms with Crippen LogP contribution in [0.3, 0.4) is 0 Å². The van der Waals surface area contributed by atoms with E-state index in [1.54, 1.807) is 24.3 Å². The largest absolute Gasteiger partial charge is 0.277 e. The van der Waals surface area contributed by atoms with E-state index < -0.39 is 26.0 Å². The summed E-state index contributed by atoms with van der Waals surface area (Å²) in [7, 11) is -7.43. The summed E-state index contributed by atoms with van der Waals surface area (Å²) >= 11 is 10.4. The Hall–Kier alpha value is -2.61. The molecule has 5 rings (SSSR count). The van der Waals surface area contributed by atoms with Gasteiger partial charge in [-0.15, -0.1) is 0 Å². The number of hydrogen-bond acceptors (Lipinski definition) is 7. The van der Waals surface area contributed by atoms with Crippen molar-refractivity contribution < 1.29 is 21.6 Å². The van der Waals surface area contributed by atoms with Crippen LogP contribution in [-0.4, -0.2) is 44.6 Å². The van der Waals surface area contributed by atoms with Gasteiger partial charge in [0.15, 0.2) is 0 Å². The van der Waals surface area contributed by atoms with Crippen LogP contribution >= 0.6 is 24.4 Å². The third kappa shape index (κ3) is 5.79. The van der Waals surface area contributed by atoms with Crippen molar-refractivity contribution in [2.45, 2.75) is 47.6 Å². The maximum Gasteiger partial charge on any atom is 0.263 e. The number of rotatable bonds is 9. The van der Waals surface area contributed by atoms with Crippen LogP contribution in [0.15, 0.2) is 82.1 Å². The lowest BCUT2D eigenvalue weighted by molar-refractivity contribution is -0.114. The number of carbonyl (C=O) groups excluding carboxylic acids is 1. The second-order valence-electron chi connectivity index (χ2n) is 9.00. The zero-order valence-electron chi connectivity index (χ0n) is 19.5. The van der Waals surface area contributed by atoms with Gasteiger partial charge in [0.05, 0.1) is 21.4 Å². The smallest absolute Gasteiger partial charge is 0.263 e. The highest BCUT2D eigenvalue weighted by Gasteiger charge is 2.34. The summed E-state index contributed by atoms with van der Waals surface area (Å²) in [6, 6.07) is 11.5. The molecule has 12 heteroatoms. The summed E-state index contributed by atoms with van der Waals surface area (Å²) in [6.07, 6.45) is 7.88. The lowest BCUT2D eigenvalue weighted by atomic mass is 10.0. The van der Waals surface area contributed by atoms with Gasteiger partial charge in [0, 0.05) is 40.0 Å². The first-order valence-corrected chi connectivity index (χ1v) is 15.4. The number of anilines is 2. The Morgan fingerprint density at radius 1 is 0.838 bits per heavy atom. The molecule has 1 atom stereocenters. The Morgan fingerprint density at radius 3 is 1.81 bits per heavy atom. The van der Waals surface area contributed by atoms with Gasteiger partial charge >= 0.3 is 0 Å². The molecule has 0 heterocycles. The lowest BCUT2D eigenvalue weighted by Gasteiger charge is -2.25. The topological polar surface area (TPSA) is 113 Å². The first-order valence-electron chi connectivity index (χ1n) is 11.6. The molecular formula is C25H23N3O5S4. The van der Waals surface area contributed by atoms with Gasteiger partial charge in [-0.05, 0) is 67.4 Å². The molecule has 0 bridgehead atoms. The lowest BCUT2D eigenvalue weighted by Crippen LogP contribution is -2.31. The number of sulfonamides is 2. The highest BCUT2D eigenvalue weighted by atomic mass is 32.2. The number of hydrogen-bond donors (Lipinski definition) is 2. The average molecular weight is 574 g/mol. The number of amides is 1. The molecule has 8 nitrogen and oxygen atoms in total. The van der Waals surface area contributed by atoms with Crippen molar-refractivity contribution in [2.24, 2.45) is 0 Å². The van der Waals surface area contributed by atoms with E-state index >= 15 is 0 Å². The molecule has 2 fully saturated rings. The number of carbonyl (C=O) groups is 1. The van der Waals surface area contributed by atoms with Crippen LogP contribution in [0.1, 0.15) is 25.7 Å². The standard InChI is InChI=1S/C25H23N3O5S4/c29-25(21-3-1-2-4-23(21)34)28(17-7-11-19(12-8-17)36(30,31)26-16-5-6-16)18-9-13-20(14-10-18)37(32,33)27-22-15-24(22)35/h1-3,7-14,16,22,26-27H,4-6,15H2. The number of nitrogens with zero attached hydrogens (tertiary/aromatic N) is 1. The van der Waals surface area contributed by atoms with E-state index in [1.807, 2.05) is 6.08 Å². The van der Waals surface area contributed by atoms with E-state index in [9.17, 15) is 21.6 Å². The molecule has 1 amide bonds. The van der Waals surface area contributed by atoms with Gasteiger partial charge in [-0.3, -0.25) is 9.69 Å². The van der Waals surface area contributed by atoms with Gasteiger partial charge in [-0.25, -0.2) is 26.3 Å². The minimum atomic E-state index is -3.77. The highest BCUT2D eigenvalue weighted by Crippen LogP contribution is 2.31. The number of thiocarbonyl (C=S) groups is 2. The molecule has 2 aromatic rings. The predicted molar refractivity (Wildman–Crippen MR) is 149 cm³/mol. The molecular weight excluding hydrogens is 551 g/mol. The van der Waals surface area contributed by atoms with Crippen LogP contribution in [0, 0.1) is 0 Å². The Morgan fingerprint density at radius 2 is 1.35 bits per heavy atom. The number of allylic oxidation sites excluding steroid dienone is 3. The third-order valence-corrected chi connectivity index (χ3v) is 9.94. The van der Waals surface area contributed by atoms with Crippen molar-refractivity contribution in [3.05, 3.63) is 72.3 Å². The fraction of sp³-hybridized carbons (Fsp3) is 0.240. The molecule has 0 radical (unpaired) electrons. The van der Waals surface area contributed by atoms with Crippen LogP contribution in [0.4, 0.5) is 11.4 Å².